The van der Waals surface area contributed by atoms with Gasteiger partial charge in [0.25, 0.3) is 0 Å². The van der Waals surface area contributed by atoms with Gasteiger partial charge >= 0.3 is 0 Å². The summed E-state index contributed by atoms with van der Waals surface area (Å²) in [7, 11) is 1.95. The van der Waals surface area contributed by atoms with Crippen LogP contribution in [0.2, 0.25) is 0 Å². The van der Waals surface area contributed by atoms with Gasteiger partial charge in [0.2, 0.25) is 0 Å². The molecule has 2 N–H and O–H groups in total. The quantitative estimate of drug-likeness (QED) is 0.873. The minimum absolute atomic E-state index is 0.273. The van der Waals surface area contributed by atoms with E-state index in [1.807, 2.05) is 25.2 Å². The third-order valence-electron chi connectivity index (χ3n) is 3.46. The first-order valence-electron chi connectivity index (χ1n) is 6.78. The zero-order valence-electron chi connectivity index (χ0n) is 12.2. The van der Waals surface area contributed by atoms with Crippen LogP contribution < -0.4 is 10.1 Å². The van der Waals surface area contributed by atoms with Crippen molar-refractivity contribution in [3.05, 3.63) is 59.2 Å². The van der Waals surface area contributed by atoms with Crippen LogP contribution in [0.4, 0.5) is 0 Å². The fourth-order valence-electron chi connectivity index (χ4n) is 2.02. The molecule has 0 aliphatic rings. The number of benzene rings is 2. The fraction of sp³-hybridized carbons (Fsp3) is 0.294. The number of phenols is 1. The van der Waals surface area contributed by atoms with Crippen LogP contribution in [0.3, 0.4) is 0 Å². The third kappa shape index (κ3) is 3.52. The van der Waals surface area contributed by atoms with Crippen LogP contribution in [-0.4, -0.2) is 12.2 Å². The molecule has 1 atom stereocenters. The number of nitrogens with one attached hydrogen (secondary N) is 1. The molecule has 0 aliphatic carbocycles. The first-order chi connectivity index (χ1) is 9.60. The van der Waals surface area contributed by atoms with Crippen LogP contribution in [0.1, 0.15) is 29.7 Å². The lowest BCUT2D eigenvalue weighted by Gasteiger charge is -2.14. The summed E-state index contributed by atoms with van der Waals surface area (Å²) in [6, 6.07) is 13.6. The maximum atomic E-state index is 9.25. The van der Waals surface area contributed by atoms with Gasteiger partial charge in [-0.3, -0.25) is 0 Å². The van der Waals surface area contributed by atoms with Gasteiger partial charge in [0.1, 0.15) is 18.1 Å². The molecule has 0 bridgehead atoms. The molecule has 0 spiro atoms. The number of hydrogen-bond donors (Lipinski definition) is 2. The fourth-order valence-corrected chi connectivity index (χ4v) is 2.02. The van der Waals surface area contributed by atoms with Crippen molar-refractivity contribution in [1.29, 1.82) is 0 Å². The highest BCUT2D eigenvalue weighted by Crippen LogP contribution is 2.23. The van der Waals surface area contributed by atoms with Gasteiger partial charge in [0, 0.05) is 6.04 Å². The lowest BCUT2D eigenvalue weighted by atomic mass is 10.1. The molecule has 3 heteroatoms. The summed E-state index contributed by atoms with van der Waals surface area (Å²) >= 11 is 0. The second-order valence-electron chi connectivity index (χ2n) is 4.99. The van der Waals surface area contributed by atoms with Gasteiger partial charge in [0.15, 0.2) is 0 Å². The molecule has 2 aromatic rings. The van der Waals surface area contributed by atoms with Crippen LogP contribution in [-0.2, 0) is 6.61 Å². The third-order valence-corrected chi connectivity index (χ3v) is 3.46. The summed E-state index contributed by atoms with van der Waals surface area (Å²) < 4.78 is 5.83. The molecule has 1 unspecified atom stereocenters. The molecule has 2 aromatic carbocycles. The maximum Gasteiger partial charge on any atom is 0.122 e. The lowest BCUT2D eigenvalue weighted by Crippen LogP contribution is -2.12. The number of hydrogen-bond acceptors (Lipinski definition) is 3. The van der Waals surface area contributed by atoms with Gasteiger partial charge in [0.05, 0.1) is 0 Å². The molecule has 20 heavy (non-hydrogen) atoms. The Morgan fingerprint density at radius 1 is 1.15 bits per heavy atom. The number of aryl methyl sites for hydroxylation is 1. The molecule has 0 aromatic heterocycles. The minimum Gasteiger partial charge on any atom is -0.508 e. The predicted octanol–water partition coefficient (Wildman–Crippen LogP) is 3.56. The van der Waals surface area contributed by atoms with Crippen molar-refractivity contribution in [2.24, 2.45) is 0 Å². The minimum atomic E-state index is 0.273. The number of ether oxygens (including phenoxy) is 1. The second kappa shape index (κ2) is 6.44. The van der Waals surface area contributed by atoms with Crippen molar-refractivity contribution in [2.75, 3.05) is 7.05 Å². The topological polar surface area (TPSA) is 41.5 Å². The Bertz CT molecular complexity index is 564. The largest absolute Gasteiger partial charge is 0.508 e. The van der Waals surface area contributed by atoms with Gasteiger partial charge in [-0.05, 0) is 55.8 Å². The monoisotopic (exact) mass is 271 g/mol. The van der Waals surface area contributed by atoms with Crippen molar-refractivity contribution in [1.82, 2.24) is 5.32 Å². The predicted molar refractivity (Wildman–Crippen MR) is 81.1 cm³/mol. The Labute approximate surface area is 120 Å². The number of aromatic hydroxyl groups is 1. The second-order valence-corrected chi connectivity index (χ2v) is 4.99. The highest BCUT2D eigenvalue weighted by Gasteiger charge is 2.06. The first-order valence-corrected chi connectivity index (χ1v) is 6.78. The van der Waals surface area contributed by atoms with Crippen LogP contribution in [0.5, 0.6) is 11.5 Å². The molecule has 0 aliphatic heterocycles. The number of phenolic OH excluding ortho intramolecular Hbond substituents is 1. The zero-order chi connectivity index (χ0) is 14.5. The van der Waals surface area contributed by atoms with E-state index in [1.165, 1.54) is 5.56 Å². The molecular formula is C17H21NO2. The molecule has 106 valence electrons. The molecule has 3 nitrogen and oxygen atoms in total. The Hall–Kier alpha value is -2.00. The Kier molecular flexibility index (Phi) is 4.64. The van der Waals surface area contributed by atoms with Crippen molar-refractivity contribution in [3.63, 3.8) is 0 Å². The average molecular weight is 271 g/mol. The highest BCUT2D eigenvalue weighted by molar-refractivity contribution is 5.37. The summed E-state index contributed by atoms with van der Waals surface area (Å²) in [5.74, 6) is 1.17. The van der Waals surface area contributed by atoms with Crippen molar-refractivity contribution in [2.45, 2.75) is 26.5 Å². The maximum absolute atomic E-state index is 9.25. The van der Waals surface area contributed by atoms with Crippen LogP contribution >= 0.6 is 0 Å². The van der Waals surface area contributed by atoms with Crippen LogP contribution in [0, 0.1) is 6.92 Å². The van der Waals surface area contributed by atoms with Gasteiger partial charge in [-0.2, -0.15) is 0 Å². The van der Waals surface area contributed by atoms with E-state index in [1.54, 1.807) is 12.1 Å². The summed E-state index contributed by atoms with van der Waals surface area (Å²) in [6.45, 7) is 4.69. The molecule has 2 rings (SSSR count). The van der Waals surface area contributed by atoms with Crippen LogP contribution in [0.25, 0.3) is 0 Å². The summed E-state index contributed by atoms with van der Waals surface area (Å²) in [6.07, 6.45) is 0. The molecular weight excluding hydrogens is 250 g/mol. The molecule has 0 heterocycles. The molecule has 0 saturated carbocycles. The smallest absolute Gasteiger partial charge is 0.122 e. The van der Waals surface area contributed by atoms with Gasteiger partial charge in [-0.15, -0.1) is 0 Å². The lowest BCUT2D eigenvalue weighted by molar-refractivity contribution is 0.303. The molecule has 0 saturated heterocycles. The summed E-state index contributed by atoms with van der Waals surface area (Å²) in [5, 5.41) is 12.5. The van der Waals surface area contributed by atoms with Gasteiger partial charge < -0.3 is 15.2 Å². The zero-order valence-corrected chi connectivity index (χ0v) is 12.2. The molecule has 0 radical (unpaired) electrons. The van der Waals surface area contributed by atoms with E-state index in [0.29, 0.717) is 12.6 Å². The average Bonchev–Trinajstić information content (AvgIpc) is 2.46. The van der Waals surface area contributed by atoms with E-state index in [-0.39, 0.29) is 5.75 Å². The van der Waals surface area contributed by atoms with Gasteiger partial charge in [-0.1, -0.05) is 24.3 Å². The van der Waals surface area contributed by atoms with E-state index >= 15 is 0 Å². The summed E-state index contributed by atoms with van der Waals surface area (Å²) in [4.78, 5) is 0. The highest BCUT2D eigenvalue weighted by atomic mass is 16.5. The SMILES string of the molecule is CNC(C)c1ccc(OCc2ccc(O)cc2)c(C)c1. The Balaban J connectivity index is 2.04. The molecule has 0 amide bonds. The Morgan fingerprint density at radius 2 is 1.85 bits per heavy atom. The van der Waals surface area contributed by atoms with E-state index in [2.05, 4.69) is 31.3 Å². The Morgan fingerprint density at radius 3 is 2.45 bits per heavy atom. The van der Waals surface area contributed by atoms with E-state index in [0.717, 1.165) is 16.9 Å². The normalized spacial score (nSPS) is 12.2. The van der Waals surface area contributed by atoms with Crippen molar-refractivity contribution in [3.8, 4) is 11.5 Å². The summed E-state index contributed by atoms with van der Waals surface area (Å²) in [5.41, 5.74) is 3.42. The number of rotatable bonds is 5. The van der Waals surface area contributed by atoms with Crippen LogP contribution in [0.15, 0.2) is 42.5 Å². The van der Waals surface area contributed by atoms with E-state index in [9.17, 15) is 5.11 Å². The van der Waals surface area contributed by atoms with Gasteiger partial charge in [-0.25, -0.2) is 0 Å². The van der Waals surface area contributed by atoms with Crippen molar-refractivity contribution < 1.29 is 9.84 Å². The van der Waals surface area contributed by atoms with E-state index < -0.39 is 0 Å². The first kappa shape index (κ1) is 14.4. The molecule has 0 fully saturated rings. The standard InChI is InChI=1S/C17H21NO2/c1-12-10-15(13(2)18-3)6-9-17(12)20-11-14-4-7-16(19)8-5-14/h4-10,13,18-19H,11H2,1-3H3. The van der Waals surface area contributed by atoms with Crippen molar-refractivity contribution >= 4 is 0 Å². The van der Waals surface area contributed by atoms with E-state index in [4.69, 9.17) is 4.74 Å².